The van der Waals surface area contributed by atoms with Crippen molar-refractivity contribution < 1.29 is 4.39 Å². The van der Waals surface area contributed by atoms with E-state index < -0.39 is 0 Å². The number of benzene rings is 1. The molecule has 1 heterocycles. The van der Waals surface area contributed by atoms with Gasteiger partial charge >= 0.3 is 0 Å². The third-order valence-electron chi connectivity index (χ3n) is 1.71. The molecule has 2 rings (SSSR count). The lowest BCUT2D eigenvalue weighted by Gasteiger charge is -1.91. The maximum atomic E-state index is 9.50. The van der Waals surface area contributed by atoms with Gasteiger partial charge in [0, 0.05) is 4.70 Å². The van der Waals surface area contributed by atoms with E-state index in [1.807, 2.05) is 0 Å². The molecular weight excluding hydrogens is 171 g/mol. The van der Waals surface area contributed by atoms with Crippen molar-refractivity contribution in [3.05, 3.63) is 35.2 Å². The number of thiophene rings is 1. The maximum absolute atomic E-state index is 9.50. The van der Waals surface area contributed by atoms with Crippen molar-refractivity contribution in [2.24, 2.45) is 0 Å². The highest BCUT2D eigenvalue weighted by Crippen LogP contribution is 2.22. The fourth-order valence-corrected chi connectivity index (χ4v) is 2.01. The van der Waals surface area contributed by atoms with Crippen LogP contribution in [0.4, 0.5) is 4.39 Å². The first-order valence-corrected chi connectivity index (χ1v) is 4.56. The Labute approximate surface area is 75.7 Å². The smallest absolute Gasteiger partial charge is 0.0785 e. The predicted octanol–water partition coefficient (Wildman–Crippen LogP) is 3.80. The summed E-state index contributed by atoms with van der Waals surface area (Å²) in [5.41, 5.74) is 1.37. The molecular formula is C10H11FS. The first-order chi connectivity index (χ1) is 5.88. The molecule has 2 heteroatoms. The van der Waals surface area contributed by atoms with Crippen molar-refractivity contribution in [1.29, 1.82) is 0 Å². The summed E-state index contributed by atoms with van der Waals surface area (Å²) >= 11 is 1.80. The lowest BCUT2D eigenvalue weighted by Crippen LogP contribution is -1.68. The quantitative estimate of drug-likeness (QED) is 0.581. The van der Waals surface area contributed by atoms with Crippen LogP contribution >= 0.6 is 11.3 Å². The zero-order valence-corrected chi connectivity index (χ0v) is 7.99. The van der Waals surface area contributed by atoms with Crippen LogP contribution in [0, 0.1) is 6.92 Å². The number of hydrogen-bond acceptors (Lipinski definition) is 1. The maximum Gasteiger partial charge on any atom is 0.0785 e. The Morgan fingerprint density at radius 2 is 1.92 bits per heavy atom. The van der Waals surface area contributed by atoms with Crippen LogP contribution in [-0.4, -0.2) is 7.18 Å². The van der Waals surface area contributed by atoms with Crippen molar-refractivity contribution in [1.82, 2.24) is 0 Å². The molecule has 0 bridgehead atoms. The Hall–Kier alpha value is -0.890. The second kappa shape index (κ2) is 4.21. The third kappa shape index (κ3) is 1.64. The molecule has 0 saturated heterocycles. The summed E-state index contributed by atoms with van der Waals surface area (Å²) in [4.78, 5) is 0. The largest absolute Gasteiger partial charge is 0.255 e. The first-order valence-electron chi connectivity index (χ1n) is 3.68. The molecule has 0 radical (unpaired) electrons. The minimum absolute atomic E-state index is 0.500. The van der Waals surface area contributed by atoms with E-state index in [2.05, 4.69) is 36.6 Å². The van der Waals surface area contributed by atoms with Gasteiger partial charge in [-0.2, -0.15) is 0 Å². The van der Waals surface area contributed by atoms with E-state index in [-0.39, 0.29) is 0 Å². The lowest BCUT2D eigenvalue weighted by molar-refractivity contribution is 0.636. The zero-order chi connectivity index (χ0) is 8.97. The van der Waals surface area contributed by atoms with E-state index in [4.69, 9.17) is 0 Å². The number of rotatable bonds is 0. The van der Waals surface area contributed by atoms with Gasteiger partial charge < -0.3 is 0 Å². The standard InChI is InChI=1S/C9H8S.CH3F/c1-7-3-2-4-9-8(7)5-6-10-9;1-2/h2-6H,1H3;1H3. The monoisotopic (exact) mass is 182 g/mol. The van der Waals surface area contributed by atoms with Crippen LogP contribution in [0.3, 0.4) is 0 Å². The molecule has 1 aromatic heterocycles. The number of halogens is 1. The average molecular weight is 182 g/mol. The van der Waals surface area contributed by atoms with Crippen LogP contribution in [0.2, 0.25) is 0 Å². The summed E-state index contributed by atoms with van der Waals surface area (Å²) < 4.78 is 10.9. The molecule has 0 unspecified atom stereocenters. The van der Waals surface area contributed by atoms with Gasteiger partial charge in [-0.3, -0.25) is 4.39 Å². The molecule has 0 N–H and O–H groups in total. The molecule has 0 atom stereocenters. The van der Waals surface area contributed by atoms with Crippen LogP contribution in [-0.2, 0) is 0 Å². The van der Waals surface area contributed by atoms with Gasteiger partial charge in [-0.25, -0.2) is 0 Å². The van der Waals surface area contributed by atoms with Gasteiger partial charge in [-0.1, -0.05) is 12.1 Å². The van der Waals surface area contributed by atoms with Crippen molar-refractivity contribution in [2.75, 3.05) is 7.18 Å². The van der Waals surface area contributed by atoms with Crippen LogP contribution in [0.15, 0.2) is 29.6 Å². The highest BCUT2D eigenvalue weighted by Gasteiger charge is 1.94. The fraction of sp³-hybridized carbons (Fsp3) is 0.200. The highest BCUT2D eigenvalue weighted by molar-refractivity contribution is 7.17. The third-order valence-corrected chi connectivity index (χ3v) is 2.60. The Balaban J connectivity index is 0.000000336. The summed E-state index contributed by atoms with van der Waals surface area (Å²) in [6.07, 6.45) is 0. The normalized spacial score (nSPS) is 9.25. The average Bonchev–Trinajstić information content (AvgIpc) is 2.57. The Morgan fingerprint density at radius 3 is 2.58 bits per heavy atom. The highest BCUT2D eigenvalue weighted by atomic mass is 32.1. The number of alkyl halides is 1. The Kier molecular flexibility index (Phi) is 3.23. The van der Waals surface area contributed by atoms with Crippen molar-refractivity contribution in [3.8, 4) is 0 Å². The second-order valence-corrected chi connectivity index (χ2v) is 3.36. The molecule has 0 spiro atoms. The summed E-state index contributed by atoms with van der Waals surface area (Å²) in [7, 11) is 0.500. The fourth-order valence-electron chi connectivity index (χ4n) is 1.15. The van der Waals surface area contributed by atoms with Gasteiger partial charge in [-0.15, -0.1) is 11.3 Å². The van der Waals surface area contributed by atoms with Crippen LogP contribution in [0.25, 0.3) is 10.1 Å². The molecule has 1 aromatic carbocycles. The molecule has 0 amide bonds. The Morgan fingerprint density at radius 1 is 1.17 bits per heavy atom. The molecule has 0 aliphatic heterocycles. The van der Waals surface area contributed by atoms with Gasteiger partial charge in [0.2, 0.25) is 0 Å². The first kappa shape index (κ1) is 9.20. The van der Waals surface area contributed by atoms with Gasteiger partial charge in [0.15, 0.2) is 0 Å². The number of fused-ring (bicyclic) bond motifs is 1. The summed E-state index contributed by atoms with van der Waals surface area (Å²) in [6, 6.07) is 8.59. The molecule has 64 valence electrons. The molecule has 0 aliphatic rings. The van der Waals surface area contributed by atoms with Crippen molar-refractivity contribution in [3.63, 3.8) is 0 Å². The summed E-state index contributed by atoms with van der Waals surface area (Å²) in [5.74, 6) is 0. The SMILES string of the molecule is CF.Cc1cccc2sccc12. The molecule has 0 nitrogen and oxygen atoms in total. The van der Waals surface area contributed by atoms with Crippen molar-refractivity contribution >= 4 is 21.4 Å². The van der Waals surface area contributed by atoms with E-state index in [9.17, 15) is 4.39 Å². The van der Waals surface area contributed by atoms with Gasteiger partial charge in [-0.05, 0) is 35.4 Å². The second-order valence-electron chi connectivity index (χ2n) is 2.41. The van der Waals surface area contributed by atoms with Gasteiger partial charge in [0.25, 0.3) is 0 Å². The molecule has 0 aliphatic carbocycles. The molecule has 2 aromatic rings. The minimum atomic E-state index is 0.500. The predicted molar refractivity (Wildman–Crippen MR) is 53.6 cm³/mol. The topological polar surface area (TPSA) is 0 Å². The zero-order valence-electron chi connectivity index (χ0n) is 7.17. The van der Waals surface area contributed by atoms with Crippen LogP contribution in [0.5, 0.6) is 0 Å². The van der Waals surface area contributed by atoms with Crippen LogP contribution in [0.1, 0.15) is 5.56 Å². The van der Waals surface area contributed by atoms with Crippen molar-refractivity contribution in [2.45, 2.75) is 6.92 Å². The van der Waals surface area contributed by atoms with Crippen LogP contribution < -0.4 is 0 Å². The van der Waals surface area contributed by atoms with E-state index >= 15 is 0 Å². The Bertz CT molecular complexity index is 351. The number of hydrogen-bond donors (Lipinski definition) is 0. The van der Waals surface area contributed by atoms with E-state index in [1.165, 1.54) is 15.6 Å². The van der Waals surface area contributed by atoms with Gasteiger partial charge in [0.05, 0.1) is 7.18 Å². The minimum Gasteiger partial charge on any atom is -0.255 e. The summed E-state index contributed by atoms with van der Waals surface area (Å²) in [6.45, 7) is 2.15. The molecule has 0 fully saturated rings. The number of aryl methyl sites for hydroxylation is 1. The van der Waals surface area contributed by atoms with Gasteiger partial charge in [0.1, 0.15) is 0 Å². The molecule has 12 heavy (non-hydrogen) atoms. The lowest BCUT2D eigenvalue weighted by atomic mass is 10.2. The van der Waals surface area contributed by atoms with E-state index in [0.717, 1.165) is 0 Å². The van der Waals surface area contributed by atoms with E-state index in [0.29, 0.717) is 7.18 Å². The summed E-state index contributed by atoms with van der Waals surface area (Å²) in [5, 5.41) is 3.53. The molecule has 0 saturated carbocycles. The van der Waals surface area contributed by atoms with E-state index in [1.54, 1.807) is 11.3 Å².